The summed E-state index contributed by atoms with van der Waals surface area (Å²) in [5.41, 5.74) is 0.564. The Hall–Kier alpha value is -4.74. The van der Waals surface area contributed by atoms with Gasteiger partial charge in [-0.15, -0.1) is 0 Å². The maximum atomic E-state index is 13.7. The summed E-state index contributed by atoms with van der Waals surface area (Å²) in [6, 6.07) is 16.9. The first kappa shape index (κ1) is 24.9. The fraction of sp³-hybridized carbons (Fsp3) is 0.192. The molecule has 0 aliphatic carbocycles. The second-order valence-electron chi connectivity index (χ2n) is 8.75. The van der Waals surface area contributed by atoms with Gasteiger partial charge in [0.2, 0.25) is 17.7 Å². The number of nitrogens with zero attached hydrogens (tertiary/aromatic N) is 4. The van der Waals surface area contributed by atoms with Crippen LogP contribution in [0.25, 0.3) is 0 Å². The van der Waals surface area contributed by atoms with E-state index in [4.69, 9.17) is 4.52 Å². The van der Waals surface area contributed by atoms with Crippen molar-refractivity contribution in [1.82, 2.24) is 10.3 Å². The number of carbonyl (C=O) groups is 2. The van der Waals surface area contributed by atoms with E-state index in [1.807, 2.05) is 36.4 Å². The Morgan fingerprint density at radius 1 is 1.08 bits per heavy atom. The molecular weight excluding hydrogens is 501 g/mol. The minimum atomic E-state index is -4.69. The summed E-state index contributed by atoms with van der Waals surface area (Å²) in [6.45, 7) is 0.516. The van der Waals surface area contributed by atoms with Crippen molar-refractivity contribution in [2.45, 2.75) is 25.1 Å². The monoisotopic (exact) mass is 523 g/mol. The van der Waals surface area contributed by atoms with Crippen molar-refractivity contribution in [3.05, 3.63) is 95.9 Å². The molecule has 194 valence electrons. The molecule has 3 heterocycles. The predicted molar refractivity (Wildman–Crippen MR) is 130 cm³/mol. The van der Waals surface area contributed by atoms with Gasteiger partial charge in [0, 0.05) is 36.5 Å². The molecule has 0 bridgehead atoms. The van der Waals surface area contributed by atoms with Gasteiger partial charge < -0.3 is 10.2 Å². The smallest absolute Gasteiger partial charge is 0.312 e. The first-order chi connectivity index (χ1) is 18.2. The highest BCUT2D eigenvalue weighted by Gasteiger charge is 2.35. The number of carbonyl (C=O) groups excluding carboxylic acids is 2. The number of anilines is 3. The number of amides is 3. The van der Waals surface area contributed by atoms with Crippen LogP contribution in [0, 0.1) is 0 Å². The van der Waals surface area contributed by atoms with Crippen molar-refractivity contribution in [1.29, 1.82) is 0 Å². The fourth-order valence-corrected chi connectivity index (χ4v) is 4.25. The summed E-state index contributed by atoms with van der Waals surface area (Å²) < 4.78 is 47.5. The number of nitrogens with one attached hydrogen (secondary N) is 2. The quantitative estimate of drug-likeness (QED) is 0.360. The summed E-state index contributed by atoms with van der Waals surface area (Å²) in [5.74, 6) is -0.471. The summed E-state index contributed by atoms with van der Waals surface area (Å²) in [7, 11) is 0. The average molecular weight is 523 g/mol. The molecule has 0 radical (unpaired) electrons. The molecule has 38 heavy (non-hydrogen) atoms. The summed E-state index contributed by atoms with van der Waals surface area (Å²) in [5, 5.41) is 8.58. The molecule has 1 aliphatic heterocycles. The van der Waals surface area contributed by atoms with Gasteiger partial charge >= 0.3 is 18.1 Å². The normalized spacial score (nSPS) is 15.5. The lowest BCUT2D eigenvalue weighted by molar-refractivity contribution is -0.755. The van der Waals surface area contributed by atoms with Gasteiger partial charge in [0.25, 0.3) is 6.20 Å². The van der Waals surface area contributed by atoms with E-state index in [1.54, 1.807) is 18.3 Å². The Balaban J connectivity index is 1.31. The third kappa shape index (κ3) is 5.80. The molecule has 0 spiro atoms. The second kappa shape index (κ2) is 10.3. The lowest BCUT2D eigenvalue weighted by atomic mass is 9.98. The molecule has 1 aliphatic rings. The van der Waals surface area contributed by atoms with Gasteiger partial charge in [-0.2, -0.15) is 13.2 Å². The zero-order chi connectivity index (χ0) is 26.7. The molecule has 2 aromatic heterocycles. The number of aromatic nitrogens is 3. The number of hydrogen-bond acceptors (Lipinski definition) is 5. The number of alkyl halides is 3. The van der Waals surface area contributed by atoms with E-state index in [2.05, 4.69) is 20.9 Å². The standard InChI is InChI=1S/C26H21F3N6O3/c27-26(28,29)19-11-21(13-22(12-19)35-14-18(10-24(35)36)17-6-2-1-3-7-17)31-25(37)32-23-16-34(33-38-23)15-20-8-4-5-9-30-20/h1-9,11-13,16,18H,10,14-15H2,(H-,31,32,33,37)/p+1. The van der Waals surface area contributed by atoms with Gasteiger partial charge in [-0.3, -0.25) is 19.6 Å². The molecule has 4 aromatic rings. The number of benzene rings is 2. The van der Waals surface area contributed by atoms with Crippen LogP contribution in [0.3, 0.4) is 0 Å². The second-order valence-corrected chi connectivity index (χ2v) is 8.75. The highest BCUT2D eigenvalue weighted by atomic mass is 19.4. The first-order valence-corrected chi connectivity index (χ1v) is 11.7. The predicted octanol–water partition coefficient (Wildman–Crippen LogP) is 4.59. The molecule has 5 rings (SSSR count). The molecule has 12 heteroatoms. The Labute approximate surface area is 214 Å². The SMILES string of the molecule is O=C(Nc1cc(N2CC(c3ccccc3)CC2=O)cc(C(F)(F)F)c1)Nc1c[n+](Cc2ccccn2)no1. The van der Waals surface area contributed by atoms with Gasteiger partial charge in [-0.05, 0) is 40.6 Å². The average Bonchev–Trinajstić information content (AvgIpc) is 3.50. The summed E-state index contributed by atoms with van der Waals surface area (Å²) in [6.07, 6.45) is -1.47. The number of rotatable bonds is 6. The van der Waals surface area contributed by atoms with Gasteiger partial charge in [-0.25, -0.2) is 4.79 Å². The van der Waals surface area contributed by atoms with Crippen LogP contribution in [0.4, 0.5) is 35.2 Å². The maximum absolute atomic E-state index is 13.7. The van der Waals surface area contributed by atoms with Gasteiger partial charge in [0.1, 0.15) is 5.69 Å². The molecule has 2 N–H and O–H groups in total. The van der Waals surface area contributed by atoms with Crippen molar-refractivity contribution in [3.8, 4) is 0 Å². The Morgan fingerprint density at radius 2 is 1.87 bits per heavy atom. The van der Waals surface area contributed by atoms with Gasteiger partial charge in [-0.1, -0.05) is 36.4 Å². The molecular formula is C26H22F3N6O3+. The molecule has 9 nitrogen and oxygen atoms in total. The number of urea groups is 1. The largest absolute Gasteiger partial charge is 0.416 e. The van der Waals surface area contributed by atoms with Crippen LogP contribution in [0.5, 0.6) is 0 Å². The lowest BCUT2D eigenvalue weighted by Gasteiger charge is -2.20. The van der Waals surface area contributed by atoms with E-state index in [9.17, 15) is 22.8 Å². The fourth-order valence-electron chi connectivity index (χ4n) is 4.25. The zero-order valence-electron chi connectivity index (χ0n) is 19.9. The van der Waals surface area contributed by atoms with E-state index in [0.29, 0.717) is 12.2 Å². The maximum Gasteiger partial charge on any atom is 0.416 e. The van der Waals surface area contributed by atoms with Crippen LogP contribution in [0.2, 0.25) is 0 Å². The van der Waals surface area contributed by atoms with Crippen molar-refractivity contribution >= 4 is 29.2 Å². The van der Waals surface area contributed by atoms with Crippen LogP contribution >= 0.6 is 0 Å². The van der Waals surface area contributed by atoms with Gasteiger partial charge in [0.05, 0.1) is 5.56 Å². The van der Waals surface area contributed by atoms with Crippen LogP contribution < -0.4 is 20.2 Å². The molecule has 1 unspecified atom stereocenters. The molecule has 1 fully saturated rings. The zero-order valence-corrected chi connectivity index (χ0v) is 19.9. The first-order valence-electron chi connectivity index (χ1n) is 11.7. The van der Waals surface area contributed by atoms with Crippen molar-refractivity contribution in [3.63, 3.8) is 0 Å². The van der Waals surface area contributed by atoms with Crippen LogP contribution in [0.15, 0.2) is 83.6 Å². The van der Waals surface area contributed by atoms with Crippen molar-refractivity contribution in [2.75, 3.05) is 22.1 Å². The Kier molecular flexibility index (Phi) is 6.77. The molecule has 1 saturated heterocycles. The van der Waals surface area contributed by atoms with Gasteiger partial charge in [0.15, 0.2) is 0 Å². The number of hydrogen-bond donors (Lipinski definition) is 2. The minimum absolute atomic E-state index is 0.0222. The number of pyridine rings is 1. The van der Waals surface area contributed by atoms with E-state index >= 15 is 0 Å². The van der Waals surface area contributed by atoms with E-state index < -0.39 is 17.8 Å². The third-order valence-corrected chi connectivity index (χ3v) is 6.01. The Bertz CT molecular complexity index is 1440. The van der Waals surface area contributed by atoms with Crippen molar-refractivity contribution in [2.24, 2.45) is 0 Å². The molecule has 1 atom stereocenters. The topological polar surface area (TPSA) is 104 Å². The van der Waals surface area contributed by atoms with E-state index in [0.717, 1.165) is 17.7 Å². The summed E-state index contributed by atoms with van der Waals surface area (Å²) >= 11 is 0. The van der Waals surface area contributed by atoms with E-state index in [1.165, 1.54) is 21.8 Å². The minimum Gasteiger partial charge on any atom is -0.312 e. The summed E-state index contributed by atoms with van der Waals surface area (Å²) in [4.78, 5) is 30.8. The Morgan fingerprint density at radius 3 is 2.61 bits per heavy atom. The third-order valence-electron chi connectivity index (χ3n) is 6.01. The molecule has 3 amide bonds. The van der Waals surface area contributed by atoms with E-state index in [-0.39, 0.29) is 42.0 Å². The van der Waals surface area contributed by atoms with Crippen LogP contribution in [0.1, 0.15) is 29.2 Å². The highest BCUT2D eigenvalue weighted by molar-refractivity contribution is 6.00. The van der Waals surface area contributed by atoms with Crippen molar-refractivity contribution < 1.29 is 32.0 Å². The van der Waals surface area contributed by atoms with Crippen LogP contribution in [-0.2, 0) is 17.5 Å². The number of halogens is 3. The highest BCUT2D eigenvalue weighted by Crippen LogP contribution is 2.38. The molecule has 2 aromatic carbocycles. The molecule has 0 saturated carbocycles. The lowest BCUT2D eigenvalue weighted by Crippen LogP contribution is -2.35. The van der Waals surface area contributed by atoms with Crippen LogP contribution in [-0.4, -0.2) is 28.7 Å².